The van der Waals surface area contributed by atoms with Crippen molar-refractivity contribution < 1.29 is 30.3 Å². The van der Waals surface area contributed by atoms with Crippen molar-refractivity contribution in [3.8, 4) is 0 Å². The van der Waals surface area contributed by atoms with Crippen LogP contribution < -0.4 is 0 Å². The molecule has 0 spiro atoms. The average Bonchev–Trinajstić information content (AvgIpc) is 2.14. The Labute approximate surface area is 94.1 Å². The molecule has 1 rings (SSSR count). The molecule has 1 saturated heterocycles. The Hall–Kier alpha value is -0.240. The first-order valence-corrected chi connectivity index (χ1v) is 5.12. The van der Waals surface area contributed by atoms with E-state index in [1.165, 1.54) is 20.8 Å². The highest BCUT2D eigenvalue weighted by Crippen LogP contribution is 2.47. The SMILES string of the molecule is C[C@@H]1O[C@](O)(CO)[C@@](C)(O)[C@@](C)(O)[C@]1(C)O. The van der Waals surface area contributed by atoms with Crippen molar-refractivity contribution in [1.29, 1.82) is 0 Å². The van der Waals surface area contributed by atoms with Crippen LogP contribution in [-0.2, 0) is 4.74 Å². The zero-order valence-electron chi connectivity index (χ0n) is 9.93. The van der Waals surface area contributed by atoms with Crippen molar-refractivity contribution in [2.24, 2.45) is 0 Å². The number of ether oxygens (including phenoxy) is 1. The number of hydrogen-bond acceptors (Lipinski definition) is 6. The van der Waals surface area contributed by atoms with Gasteiger partial charge < -0.3 is 30.3 Å². The zero-order valence-corrected chi connectivity index (χ0v) is 9.93. The van der Waals surface area contributed by atoms with Crippen LogP contribution >= 0.6 is 0 Å². The molecule has 0 radical (unpaired) electrons. The zero-order chi connectivity index (χ0) is 13.0. The molecule has 0 aliphatic carbocycles. The number of rotatable bonds is 1. The van der Waals surface area contributed by atoms with Crippen LogP contribution in [0, 0.1) is 0 Å². The molecule has 5 N–H and O–H groups in total. The van der Waals surface area contributed by atoms with Gasteiger partial charge >= 0.3 is 0 Å². The lowest BCUT2D eigenvalue weighted by atomic mass is 9.65. The van der Waals surface area contributed by atoms with E-state index in [1.54, 1.807) is 0 Å². The highest BCUT2D eigenvalue weighted by molar-refractivity contribution is 5.17. The monoisotopic (exact) mass is 236 g/mol. The van der Waals surface area contributed by atoms with E-state index in [1.807, 2.05) is 0 Å². The van der Waals surface area contributed by atoms with Crippen LogP contribution in [-0.4, -0.2) is 60.8 Å². The molecule has 1 heterocycles. The smallest absolute Gasteiger partial charge is 0.221 e. The maximum Gasteiger partial charge on any atom is 0.221 e. The summed E-state index contributed by atoms with van der Waals surface area (Å²) >= 11 is 0. The predicted octanol–water partition coefficient (Wildman–Crippen LogP) is -1.66. The summed E-state index contributed by atoms with van der Waals surface area (Å²) in [5, 5.41) is 49.5. The molecule has 1 aliphatic heterocycles. The summed E-state index contributed by atoms with van der Waals surface area (Å²) in [5.74, 6) is -2.32. The van der Waals surface area contributed by atoms with Gasteiger partial charge in [0.2, 0.25) is 5.79 Å². The van der Waals surface area contributed by atoms with E-state index in [9.17, 15) is 20.4 Å². The Kier molecular flexibility index (Phi) is 2.92. The van der Waals surface area contributed by atoms with E-state index >= 15 is 0 Å². The normalized spacial score (nSPS) is 58.7. The maximum atomic E-state index is 10.2. The molecule has 0 bridgehead atoms. The van der Waals surface area contributed by atoms with Crippen LogP contribution in [0.4, 0.5) is 0 Å². The van der Waals surface area contributed by atoms with E-state index in [-0.39, 0.29) is 0 Å². The molecule has 0 unspecified atom stereocenters. The van der Waals surface area contributed by atoms with Gasteiger partial charge in [-0.2, -0.15) is 0 Å². The minimum atomic E-state index is -2.32. The van der Waals surface area contributed by atoms with Crippen LogP contribution in [0.25, 0.3) is 0 Å². The second-order valence-corrected chi connectivity index (χ2v) is 4.99. The third-order valence-electron chi connectivity index (χ3n) is 4.07. The number of aliphatic hydroxyl groups is 5. The molecule has 6 nitrogen and oxygen atoms in total. The summed E-state index contributed by atoms with van der Waals surface area (Å²) in [5.41, 5.74) is -6.03. The first-order chi connectivity index (χ1) is 6.94. The van der Waals surface area contributed by atoms with Crippen molar-refractivity contribution in [3.63, 3.8) is 0 Å². The summed E-state index contributed by atoms with van der Waals surface area (Å²) in [6, 6.07) is 0. The topological polar surface area (TPSA) is 110 Å². The van der Waals surface area contributed by atoms with Gasteiger partial charge in [-0.3, -0.25) is 0 Å². The maximum absolute atomic E-state index is 10.2. The Morgan fingerprint density at radius 3 is 1.81 bits per heavy atom. The summed E-state index contributed by atoms with van der Waals surface area (Å²) in [6.07, 6.45) is -0.958. The lowest BCUT2D eigenvalue weighted by Gasteiger charge is -2.60. The van der Waals surface area contributed by atoms with Gasteiger partial charge in [-0.25, -0.2) is 0 Å². The summed E-state index contributed by atoms with van der Waals surface area (Å²) in [7, 11) is 0. The van der Waals surface area contributed by atoms with E-state index < -0.39 is 35.3 Å². The quantitative estimate of drug-likeness (QED) is 0.373. The number of hydrogen-bond donors (Lipinski definition) is 5. The molecule has 0 aromatic carbocycles. The van der Waals surface area contributed by atoms with Crippen molar-refractivity contribution in [2.75, 3.05) is 6.61 Å². The van der Waals surface area contributed by atoms with Gasteiger partial charge in [0, 0.05) is 0 Å². The highest BCUT2D eigenvalue weighted by Gasteiger charge is 2.70. The molecule has 1 fully saturated rings. The second-order valence-electron chi connectivity index (χ2n) is 4.99. The molecule has 16 heavy (non-hydrogen) atoms. The van der Waals surface area contributed by atoms with Gasteiger partial charge in [-0.1, -0.05) is 0 Å². The van der Waals surface area contributed by atoms with Crippen LogP contribution in [0.2, 0.25) is 0 Å². The van der Waals surface area contributed by atoms with Crippen molar-refractivity contribution in [1.82, 2.24) is 0 Å². The average molecular weight is 236 g/mol. The largest absolute Gasteiger partial charge is 0.391 e. The van der Waals surface area contributed by atoms with Gasteiger partial charge in [0.25, 0.3) is 0 Å². The molecule has 96 valence electrons. The fourth-order valence-corrected chi connectivity index (χ4v) is 1.98. The number of aliphatic hydroxyl groups excluding tert-OH is 1. The lowest BCUT2D eigenvalue weighted by molar-refractivity contribution is -0.430. The molecular formula is C10H20O6. The molecule has 0 aromatic rings. The Bertz CT molecular complexity index is 279. The van der Waals surface area contributed by atoms with E-state index in [0.717, 1.165) is 6.92 Å². The van der Waals surface area contributed by atoms with Crippen molar-refractivity contribution >= 4 is 0 Å². The van der Waals surface area contributed by atoms with E-state index in [2.05, 4.69) is 0 Å². The molecule has 0 amide bonds. The predicted molar refractivity (Wildman–Crippen MR) is 54.5 cm³/mol. The molecular weight excluding hydrogens is 216 g/mol. The van der Waals surface area contributed by atoms with Crippen LogP contribution in [0.15, 0.2) is 0 Å². The first kappa shape index (κ1) is 13.8. The van der Waals surface area contributed by atoms with E-state index in [0.29, 0.717) is 0 Å². The van der Waals surface area contributed by atoms with Gasteiger partial charge in [0.1, 0.15) is 23.4 Å². The standard InChI is InChI=1S/C10H20O6/c1-6-7(2,12)8(3,13)9(4,14)10(15,5-11)16-6/h6,11-15H,5H2,1-4H3/t6-,7+,8-,9-,10+/m0/s1. The van der Waals surface area contributed by atoms with Crippen LogP contribution in [0.5, 0.6) is 0 Å². The third kappa shape index (κ3) is 1.35. The molecule has 0 aromatic heterocycles. The lowest BCUT2D eigenvalue weighted by Crippen LogP contribution is -2.81. The van der Waals surface area contributed by atoms with Gasteiger partial charge in [-0.15, -0.1) is 0 Å². The Balaban J connectivity index is 3.32. The van der Waals surface area contributed by atoms with Crippen molar-refractivity contribution in [2.45, 2.75) is 56.4 Å². The molecule has 6 heteroatoms. The Morgan fingerprint density at radius 2 is 1.44 bits per heavy atom. The minimum absolute atomic E-state index is 0.892. The first-order valence-electron chi connectivity index (χ1n) is 5.12. The fourth-order valence-electron chi connectivity index (χ4n) is 1.98. The highest BCUT2D eigenvalue weighted by atomic mass is 16.7. The molecule has 0 saturated carbocycles. The fraction of sp³-hybridized carbons (Fsp3) is 1.00. The second kappa shape index (κ2) is 3.38. The van der Waals surface area contributed by atoms with Gasteiger partial charge in [0.15, 0.2) is 0 Å². The van der Waals surface area contributed by atoms with Crippen molar-refractivity contribution in [3.05, 3.63) is 0 Å². The summed E-state index contributed by atoms with van der Waals surface area (Å²) in [6.45, 7) is 4.13. The van der Waals surface area contributed by atoms with Gasteiger partial charge in [0.05, 0.1) is 6.10 Å². The summed E-state index contributed by atoms with van der Waals surface area (Å²) < 4.78 is 5.03. The molecule has 1 aliphatic rings. The summed E-state index contributed by atoms with van der Waals surface area (Å²) in [4.78, 5) is 0. The molecule has 5 atom stereocenters. The van der Waals surface area contributed by atoms with Crippen LogP contribution in [0.3, 0.4) is 0 Å². The minimum Gasteiger partial charge on any atom is -0.391 e. The van der Waals surface area contributed by atoms with Gasteiger partial charge in [-0.05, 0) is 27.7 Å². The van der Waals surface area contributed by atoms with Crippen LogP contribution in [0.1, 0.15) is 27.7 Å². The van der Waals surface area contributed by atoms with E-state index in [4.69, 9.17) is 9.84 Å². The Morgan fingerprint density at radius 1 is 1.00 bits per heavy atom. The third-order valence-corrected chi connectivity index (χ3v) is 4.07.